The summed E-state index contributed by atoms with van der Waals surface area (Å²) in [7, 11) is 0. The number of benzene rings is 1. The summed E-state index contributed by atoms with van der Waals surface area (Å²) in [6, 6.07) is 8.21. The van der Waals surface area contributed by atoms with Gasteiger partial charge in [0.15, 0.2) is 5.78 Å². The minimum Gasteiger partial charge on any atom is -0.298 e. The highest BCUT2D eigenvalue weighted by atomic mass is 79.9. The van der Waals surface area contributed by atoms with Gasteiger partial charge in [-0.25, -0.2) is 0 Å². The SMILES string of the molecule is CC(C)N1CCN(CC(=O)c2ccc(Br)cc2)CC1. The lowest BCUT2D eigenvalue weighted by molar-refractivity contribution is 0.0807. The molecule has 0 bridgehead atoms. The van der Waals surface area contributed by atoms with Gasteiger partial charge in [-0.1, -0.05) is 28.1 Å². The third-order valence-electron chi connectivity index (χ3n) is 3.67. The largest absolute Gasteiger partial charge is 0.298 e. The molecule has 1 aliphatic heterocycles. The van der Waals surface area contributed by atoms with E-state index in [2.05, 4.69) is 39.6 Å². The van der Waals surface area contributed by atoms with Gasteiger partial charge in [-0.15, -0.1) is 0 Å². The number of nitrogens with zero attached hydrogens (tertiary/aromatic N) is 2. The van der Waals surface area contributed by atoms with E-state index in [9.17, 15) is 4.79 Å². The summed E-state index contributed by atoms with van der Waals surface area (Å²) in [5, 5.41) is 0. The molecule has 19 heavy (non-hydrogen) atoms. The molecule has 0 amide bonds. The summed E-state index contributed by atoms with van der Waals surface area (Å²) in [5.74, 6) is 0.213. The molecule has 0 N–H and O–H groups in total. The van der Waals surface area contributed by atoms with Crippen molar-refractivity contribution in [3.63, 3.8) is 0 Å². The highest BCUT2D eigenvalue weighted by Gasteiger charge is 2.20. The number of Topliss-reactive ketones (excluding diaryl/α,β-unsaturated/α-hetero) is 1. The Hall–Kier alpha value is -0.710. The molecule has 0 radical (unpaired) electrons. The van der Waals surface area contributed by atoms with Crippen molar-refractivity contribution < 1.29 is 4.79 Å². The number of hydrogen-bond acceptors (Lipinski definition) is 3. The van der Waals surface area contributed by atoms with Gasteiger partial charge in [-0.2, -0.15) is 0 Å². The van der Waals surface area contributed by atoms with Crippen LogP contribution in [0.1, 0.15) is 24.2 Å². The second-order valence-electron chi connectivity index (χ2n) is 5.34. The number of hydrogen-bond donors (Lipinski definition) is 0. The van der Waals surface area contributed by atoms with Gasteiger partial charge in [-0.3, -0.25) is 14.6 Å². The number of rotatable bonds is 4. The molecule has 1 fully saturated rings. The topological polar surface area (TPSA) is 23.6 Å². The minimum absolute atomic E-state index is 0.213. The highest BCUT2D eigenvalue weighted by Crippen LogP contribution is 2.12. The second kappa shape index (κ2) is 6.64. The van der Waals surface area contributed by atoms with Crippen molar-refractivity contribution in [3.05, 3.63) is 34.3 Å². The maximum atomic E-state index is 12.2. The molecule has 0 unspecified atom stereocenters. The summed E-state index contributed by atoms with van der Waals surface area (Å²) in [4.78, 5) is 16.9. The smallest absolute Gasteiger partial charge is 0.176 e. The average molecular weight is 325 g/mol. The Bertz CT molecular complexity index is 422. The molecule has 1 aromatic rings. The minimum atomic E-state index is 0.213. The Morgan fingerprint density at radius 1 is 1.16 bits per heavy atom. The van der Waals surface area contributed by atoms with E-state index in [4.69, 9.17) is 0 Å². The van der Waals surface area contributed by atoms with Gasteiger partial charge in [0, 0.05) is 42.3 Å². The van der Waals surface area contributed by atoms with Crippen molar-refractivity contribution in [2.45, 2.75) is 19.9 Å². The molecular weight excluding hydrogens is 304 g/mol. The van der Waals surface area contributed by atoms with Crippen molar-refractivity contribution in [2.75, 3.05) is 32.7 Å². The average Bonchev–Trinajstić information content (AvgIpc) is 2.40. The van der Waals surface area contributed by atoms with E-state index >= 15 is 0 Å². The maximum Gasteiger partial charge on any atom is 0.176 e. The lowest BCUT2D eigenvalue weighted by atomic mass is 10.1. The van der Waals surface area contributed by atoms with Crippen LogP contribution in [0.15, 0.2) is 28.7 Å². The van der Waals surface area contributed by atoms with Crippen molar-refractivity contribution in [3.8, 4) is 0 Å². The van der Waals surface area contributed by atoms with E-state index in [1.54, 1.807) is 0 Å². The predicted molar refractivity (Wildman–Crippen MR) is 81.6 cm³/mol. The number of ketones is 1. The van der Waals surface area contributed by atoms with Crippen LogP contribution in [0.2, 0.25) is 0 Å². The van der Waals surface area contributed by atoms with E-state index in [0.29, 0.717) is 12.6 Å². The number of halogens is 1. The number of carbonyl (C=O) groups excluding carboxylic acids is 1. The van der Waals surface area contributed by atoms with Crippen molar-refractivity contribution in [1.82, 2.24) is 9.80 Å². The third kappa shape index (κ3) is 4.13. The van der Waals surface area contributed by atoms with E-state index < -0.39 is 0 Å². The second-order valence-corrected chi connectivity index (χ2v) is 6.25. The van der Waals surface area contributed by atoms with E-state index in [-0.39, 0.29) is 5.78 Å². The van der Waals surface area contributed by atoms with Crippen LogP contribution < -0.4 is 0 Å². The van der Waals surface area contributed by atoms with E-state index in [1.807, 2.05) is 24.3 Å². The van der Waals surface area contributed by atoms with Crippen LogP contribution in [0, 0.1) is 0 Å². The molecule has 0 spiro atoms. The van der Waals surface area contributed by atoms with Gasteiger partial charge in [0.1, 0.15) is 0 Å². The van der Waals surface area contributed by atoms with Crippen LogP contribution in [0.4, 0.5) is 0 Å². The number of carbonyl (C=O) groups is 1. The Morgan fingerprint density at radius 2 is 1.74 bits per heavy atom. The Labute approximate surface area is 123 Å². The lowest BCUT2D eigenvalue weighted by Crippen LogP contribution is -2.50. The van der Waals surface area contributed by atoms with Crippen LogP contribution in [0.3, 0.4) is 0 Å². The summed E-state index contributed by atoms with van der Waals surface area (Å²) < 4.78 is 1.01. The first-order chi connectivity index (χ1) is 9.06. The highest BCUT2D eigenvalue weighted by molar-refractivity contribution is 9.10. The van der Waals surface area contributed by atoms with Crippen molar-refractivity contribution in [2.24, 2.45) is 0 Å². The van der Waals surface area contributed by atoms with E-state index in [1.165, 1.54) is 0 Å². The molecule has 2 rings (SSSR count). The summed E-state index contributed by atoms with van der Waals surface area (Å²) in [6.45, 7) is 9.08. The summed E-state index contributed by atoms with van der Waals surface area (Å²) in [6.07, 6.45) is 0. The quantitative estimate of drug-likeness (QED) is 0.795. The third-order valence-corrected chi connectivity index (χ3v) is 4.20. The maximum absolute atomic E-state index is 12.2. The van der Waals surface area contributed by atoms with Crippen LogP contribution in [-0.4, -0.2) is 54.3 Å². The molecule has 0 aromatic heterocycles. The first-order valence-electron chi connectivity index (χ1n) is 6.81. The van der Waals surface area contributed by atoms with Gasteiger partial charge in [0.2, 0.25) is 0 Å². The standard InChI is InChI=1S/C15H21BrN2O/c1-12(2)18-9-7-17(8-10-18)11-15(19)13-3-5-14(16)6-4-13/h3-6,12H,7-11H2,1-2H3. The fourth-order valence-corrected chi connectivity index (χ4v) is 2.63. The molecular formula is C15H21BrN2O. The van der Waals surface area contributed by atoms with Gasteiger partial charge in [0.25, 0.3) is 0 Å². The molecule has 3 nitrogen and oxygen atoms in total. The molecule has 104 valence electrons. The normalized spacial score (nSPS) is 17.9. The molecule has 1 saturated heterocycles. The van der Waals surface area contributed by atoms with Gasteiger partial charge in [0.05, 0.1) is 6.54 Å². The molecule has 1 heterocycles. The van der Waals surface area contributed by atoms with Crippen LogP contribution in [0.5, 0.6) is 0 Å². The van der Waals surface area contributed by atoms with Crippen LogP contribution in [-0.2, 0) is 0 Å². The van der Waals surface area contributed by atoms with Crippen molar-refractivity contribution in [1.29, 1.82) is 0 Å². The first-order valence-corrected chi connectivity index (χ1v) is 7.61. The zero-order valence-corrected chi connectivity index (χ0v) is 13.2. The zero-order valence-electron chi connectivity index (χ0n) is 11.6. The number of piperazine rings is 1. The Morgan fingerprint density at radius 3 is 2.26 bits per heavy atom. The molecule has 0 aliphatic carbocycles. The molecule has 4 heteroatoms. The zero-order chi connectivity index (χ0) is 13.8. The Balaban J connectivity index is 1.85. The van der Waals surface area contributed by atoms with Gasteiger partial charge < -0.3 is 0 Å². The summed E-state index contributed by atoms with van der Waals surface area (Å²) >= 11 is 3.39. The molecule has 0 saturated carbocycles. The van der Waals surface area contributed by atoms with Crippen LogP contribution in [0.25, 0.3) is 0 Å². The fourth-order valence-electron chi connectivity index (χ4n) is 2.37. The Kier molecular flexibility index (Phi) is 5.13. The van der Waals surface area contributed by atoms with Crippen molar-refractivity contribution >= 4 is 21.7 Å². The van der Waals surface area contributed by atoms with Crippen LogP contribution >= 0.6 is 15.9 Å². The van der Waals surface area contributed by atoms with E-state index in [0.717, 1.165) is 36.2 Å². The molecule has 1 aromatic carbocycles. The molecule has 1 aliphatic rings. The lowest BCUT2D eigenvalue weighted by Gasteiger charge is -2.36. The fraction of sp³-hybridized carbons (Fsp3) is 0.533. The van der Waals surface area contributed by atoms with Gasteiger partial charge >= 0.3 is 0 Å². The summed E-state index contributed by atoms with van der Waals surface area (Å²) in [5.41, 5.74) is 0.800. The predicted octanol–water partition coefficient (Wildman–Crippen LogP) is 2.66. The molecule has 0 atom stereocenters. The first kappa shape index (κ1) is 14.7. The monoisotopic (exact) mass is 324 g/mol. The van der Waals surface area contributed by atoms with Gasteiger partial charge in [-0.05, 0) is 26.0 Å².